The molecule has 8 atom stereocenters. The van der Waals surface area contributed by atoms with Crippen LogP contribution in [0.3, 0.4) is 0 Å². The van der Waals surface area contributed by atoms with Crippen LogP contribution in [-0.2, 0) is 51.2 Å². The number of primary amides is 1. The molecule has 7 amide bonds. The van der Waals surface area contributed by atoms with E-state index in [2.05, 4.69) is 36.6 Å². The van der Waals surface area contributed by atoms with Crippen LogP contribution in [0.1, 0.15) is 70.6 Å². The lowest BCUT2D eigenvalue weighted by atomic mass is 10.0. The minimum atomic E-state index is -1.76. The summed E-state index contributed by atoms with van der Waals surface area (Å²) in [5.74, 6) is -7.52. The number of aliphatic carboxylic acids is 1. The number of hydrogen-bond acceptors (Lipinski definition) is 13. The summed E-state index contributed by atoms with van der Waals surface area (Å²) in [6.45, 7) is 4.12. The largest absolute Gasteiger partial charge is 0.480 e. The molecule has 0 unspecified atom stereocenters. The average molecular weight is 860 g/mol. The number of hydrogen-bond donors (Lipinski definition) is 13. The number of carboxylic acid groups (broad SMARTS) is 1. The smallest absolute Gasteiger partial charge is 0.328 e. The van der Waals surface area contributed by atoms with Gasteiger partial charge < -0.3 is 69.4 Å². The lowest BCUT2D eigenvalue weighted by Crippen LogP contribution is -2.61. The van der Waals surface area contributed by atoms with Gasteiger partial charge in [-0.15, -0.1) is 0 Å². The Morgan fingerprint density at radius 2 is 1.25 bits per heavy atom. The van der Waals surface area contributed by atoms with Crippen LogP contribution in [0.4, 0.5) is 0 Å². The van der Waals surface area contributed by atoms with E-state index in [0.29, 0.717) is 30.5 Å². The molecule has 0 aliphatic carbocycles. The van der Waals surface area contributed by atoms with Crippen molar-refractivity contribution >= 4 is 47.3 Å². The van der Waals surface area contributed by atoms with Gasteiger partial charge in [0.05, 0.1) is 25.1 Å². The Morgan fingerprint density at radius 1 is 0.721 bits per heavy atom. The Kier molecular flexibility index (Phi) is 22.0. The lowest BCUT2D eigenvalue weighted by molar-refractivity contribution is -0.145. The van der Waals surface area contributed by atoms with E-state index in [1.54, 1.807) is 30.3 Å². The van der Waals surface area contributed by atoms with Crippen molar-refractivity contribution in [2.45, 2.75) is 121 Å². The number of imidazole rings is 1. The number of aliphatic hydroxyl groups excluding tert-OH is 2. The summed E-state index contributed by atoms with van der Waals surface area (Å²) >= 11 is 0. The van der Waals surface area contributed by atoms with Crippen LogP contribution in [0, 0.1) is 5.92 Å². The quantitative estimate of drug-likeness (QED) is 0.0367. The third-order valence-electron chi connectivity index (χ3n) is 9.34. The minimum absolute atomic E-state index is 0.0157. The summed E-state index contributed by atoms with van der Waals surface area (Å²) < 4.78 is 0. The second kappa shape index (κ2) is 26.3. The predicted octanol–water partition coefficient (Wildman–Crippen LogP) is -3.67. The molecule has 2 rings (SSSR count). The van der Waals surface area contributed by atoms with Crippen LogP contribution >= 0.6 is 0 Å². The van der Waals surface area contributed by atoms with Gasteiger partial charge in [-0.2, -0.15) is 0 Å². The molecule has 0 aliphatic rings. The van der Waals surface area contributed by atoms with Gasteiger partial charge in [-0.05, 0) is 57.1 Å². The van der Waals surface area contributed by atoms with Crippen molar-refractivity contribution < 1.29 is 53.7 Å². The first-order chi connectivity index (χ1) is 28.9. The first-order valence-corrected chi connectivity index (χ1v) is 20.0. The predicted molar refractivity (Wildman–Crippen MR) is 219 cm³/mol. The summed E-state index contributed by atoms with van der Waals surface area (Å²) in [6.07, 6.45) is 1.48. The molecule has 0 saturated heterocycles. The van der Waals surface area contributed by atoms with Crippen LogP contribution in [0.5, 0.6) is 0 Å². The molecule has 0 radical (unpaired) electrons. The van der Waals surface area contributed by atoms with Gasteiger partial charge in [0.1, 0.15) is 30.2 Å². The van der Waals surface area contributed by atoms with Crippen LogP contribution in [0.15, 0.2) is 42.9 Å². The molecule has 1 aromatic carbocycles. The molecular weight excluding hydrogens is 798 g/mol. The number of aromatic nitrogens is 2. The number of carboxylic acids is 1. The molecule has 61 heavy (non-hydrogen) atoms. The van der Waals surface area contributed by atoms with Crippen LogP contribution < -0.4 is 49.1 Å². The average Bonchev–Trinajstić information content (AvgIpc) is 3.72. The number of aromatic amines is 1. The normalized spacial score (nSPS) is 15.1. The van der Waals surface area contributed by atoms with Crippen LogP contribution in [0.2, 0.25) is 0 Å². The molecule has 338 valence electrons. The van der Waals surface area contributed by atoms with E-state index in [9.17, 15) is 53.7 Å². The van der Waals surface area contributed by atoms with Gasteiger partial charge in [-0.1, -0.05) is 44.2 Å². The third kappa shape index (κ3) is 18.5. The summed E-state index contributed by atoms with van der Waals surface area (Å²) in [5, 5.41) is 43.9. The topological polar surface area (TPSA) is 376 Å². The molecule has 22 nitrogen and oxygen atoms in total. The van der Waals surface area contributed by atoms with Gasteiger partial charge in [-0.25, -0.2) is 9.78 Å². The molecule has 1 aromatic heterocycles. The highest BCUT2D eigenvalue weighted by atomic mass is 16.4. The molecule has 0 aliphatic heterocycles. The number of aliphatic hydroxyl groups is 2. The maximum Gasteiger partial charge on any atom is 0.328 e. The monoisotopic (exact) mass is 859 g/mol. The second-order valence-electron chi connectivity index (χ2n) is 15.0. The molecule has 0 saturated carbocycles. The number of unbranched alkanes of at least 4 members (excludes halogenated alkanes) is 1. The van der Waals surface area contributed by atoms with Crippen molar-refractivity contribution in [3.63, 3.8) is 0 Å². The first-order valence-electron chi connectivity index (χ1n) is 20.0. The molecule has 16 N–H and O–H groups in total. The van der Waals surface area contributed by atoms with Crippen molar-refractivity contribution in [1.29, 1.82) is 0 Å². The molecule has 0 bridgehead atoms. The van der Waals surface area contributed by atoms with Gasteiger partial charge in [-0.3, -0.25) is 33.6 Å². The number of nitrogens with two attached hydrogens (primary N) is 3. The van der Waals surface area contributed by atoms with E-state index in [1.165, 1.54) is 12.5 Å². The first kappa shape index (κ1) is 51.2. The zero-order valence-electron chi connectivity index (χ0n) is 34.6. The van der Waals surface area contributed by atoms with E-state index in [1.807, 2.05) is 19.2 Å². The molecule has 0 spiro atoms. The maximum atomic E-state index is 14.2. The summed E-state index contributed by atoms with van der Waals surface area (Å²) in [4.78, 5) is 111. The maximum absolute atomic E-state index is 14.2. The number of H-pyrrole nitrogens is 1. The van der Waals surface area contributed by atoms with Crippen molar-refractivity contribution in [3.05, 3.63) is 54.1 Å². The Bertz CT molecular complexity index is 1750. The van der Waals surface area contributed by atoms with Crippen molar-refractivity contribution in [2.24, 2.45) is 23.1 Å². The van der Waals surface area contributed by atoms with Crippen molar-refractivity contribution in [3.8, 4) is 0 Å². The number of carbonyl (C=O) groups is 8. The Hall–Kier alpha value is -5.97. The third-order valence-corrected chi connectivity index (χ3v) is 9.34. The fourth-order valence-electron chi connectivity index (χ4n) is 6.02. The van der Waals surface area contributed by atoms with Crippen molar-refractivity contribution in [2.75, 3.05) is 13.2 Å². The number of nitrogens with one attached hydrogen (secondary N) is 7. The fourth-order valence-corrected chi connectivity index (χ4v) is 6.02. The summed E-state index contributed by atoms with van der Waals surface area (Å²) in [7, 11) is 0. The van der Waals surface area contributed by atoms with E-state index in [0.717, 1.165) is 6.92 Å². The Morgan fingerprint density at radius 3 is 1.75 bits per heavy atom. The highest BCUT2D eigenvalue weighted by Gasteiger charge is 2.34. The Balaban J connectivity index is 2.43. The van der Waals surface area contributed by atoms with Crippen LogP contribution in [-0.4, -0.2) is 134 Å². The number of benzene rings is 1. The minimum Gasteiger partial charge on any atom is -0.480 e. The SMILES string of the molecule is CC(C)C[C@H](N)C(=O)N[C@@H](CCC(N)=O)C(=O)N[C@@H](Cc1ccccc1)C(=O)N[C@@H](CCCCN)C(=O)N[C@@H](Cc1cnc[nH]1)C(=O)N[C@@H](CO)C(=O)N[C@H](C(=O)O)[C@@H](C)O. The van der Waals surface area contributed by atoms with Crippen molar-refractivity contribution in [1.82, 2.24) is 41.9 Å². The Labute approximate surface area is 353 Å². The molecule has 22 heteroatoms. The summed E-state index contributed by atoms with van der Waals surface area (Å²) in [5.41, 5.74) is 18.1. The highest BCUT2D eigenvalue weighted by Crippen LogP contribution is 2.10. The van der Waals surface area contributed by atoms with Gasteiger partial charge in [0.15, 0.2) is 6.04 Å². The second-order valence-corrected chi connectivity index (χ2v) is 15.0. The zero-order valence-corrected chi connectivity index (χ0v) is 34.6. The van der Waals surface area contributed by atoms with E-state index >= 15 is 0 Å². The van der Waals surface area contributed by atoms with E-state index in [-0.39, 0.29) is 44.6 Å². The number of amides is 7. The molecular formula is C39H61N11O11. The number of nitrogens with zero attached hydrogens (tertiary/aromatic N) is 1. The molecule has 1 heterocycles. The highest BCUT2D eigenvalue weighted by molar-refractivity contribution is 5.97. The standard InChI is InChI=1S/C39H61N11O11/c1-21(2)15-25(41)33(54)45-27(12-13-31(42)53)35(56)47-28(16-23-9-5-4-6-10-23)36(57)46-26(11-7-8-14-40)34(55)48-29(17-24-18-43-20-44-24)37(58)49-30(19-51)38(59)50-32(22(3)52)39(60)61/h4-6,9-10,18,20-22,25-30,32,51-52H,7-8,11-17,19,40-41H2,1-3H3,(H2,42,53)(H,43,44)(H,45,54)(H,46,57)(H,47,56)(H,48,55)(H,49,58)(H,50,59)(H,60,61)/t22-,25+,26+,27+,28+,29+,30+,32+/m1/s1. The van der Waals surface area contributed by atoms with Crippen LogP contribution in [0.25, 0.3) is 0 Å². The van der Waals surface area contributed by atoms with Gasteiger partial charge >= 0.3 is 5.97 Å². The van der Waals surface area contributed by atoms with Gasteiger partial charge in [0.25, 0.3) is 0 Å². The zero-order chi connectivity index (χ0) is 45.6. The van der Waals surface area contributed by atoms with Gasteiger partial charge in [0, 0.05) is 31.2 Å². The molecule has 2 aromatic rings. The number of rotatable bonds is 28. The molecule has 0 fully saturated rings. The fraction of sp³-hybridized carbons (Fsp3) is 0.564. The van der Waals surface area contributed by atoms with E-state index < -0.39 is 102 Å². The lowest BCUT2D eigenvalue weighted by Gasteiger charge is -2.27. The summed E-state index contributed by atoms with van der Waals surface area (Å²) in [6, 6.07) is -1.30. The van der Waals surface area contributed by atoms with E-state index in [4.69, 9.17) is 17.2 Å². The van der Waals surface area contributed by atoms with Gasteiger partial charge in [0.2, 0.25) is 41.4 Å². The number of carbonyl (C=O) groups excluding carboxylic acids is 7.